The molecule has 2 rings (SSSR count). The predicted molar refractivity (Wildman–Crippen MR) is 76.9 cm³/mol. The van der Waals surface area contributed by atoms with Crippen molar-refractivity contribution in [3.8, 4) is 0 Å². The van der Waals surface area contributed by atoms with Gasteiger partial charge in [-0.2, -0.15) is 13.2 Å². The summed E-state index contributed by atoms with van der Waals surface area (Å²) in [7, 11) is 0. The molecule has 0 bridgehead atoms. The van der Waals surface area contributed by atoms with Crippen molar-refractivity contribution in [2.45, 2.75) is 25.6 Å². The lowest BCUT2D eigenvalue weighted by atomic mass is 10.2. The standard InChI is InChI=1S/C13H14BrF3N4/c14-10-7-11(13(15,16)17)12(20-8-10)19-3-1-2-5-21-6-4-18-9-21/h4,6-9H,1-3,5H2,(H,19,20). The van der Waals surface area contributed by atoms with E-state index in [-0.39, 0.29) is 5.82 Å². The van der Waals surface area contributed by atoms with E-state index >= 15 is 0 Å². The molecule has 0 amide bonds. The van der Waals surface area contributed by atoms with E-state index in [4.69, 9.17) is 0 Å². The zero-order valence-electron chi connectivity index (χ0n) is 11.1. The number of alkyl halides is 3. The van der Waals surface area contributed by atoms with Gasteiger partial charge < -0.3 is 9.88 Å². The Balaban J connectivity index is 1.85. The average Bonchev–Trinajstić information content (AvgIpc) is 2.92. The number of unbranched alkanes of at least 4 members (excludes halogenated alkanes) is 1. The molecule has 0 saturated heterocycles. The first kappa shape index (κ1) is 15.8. The highest BCUT2D eigenvalue weighted by Gasteiger charge is 2.34. The number of halogens is 4. The number of nitrogens with zero attached hydrogens (tertiary/aromatic N) is 3. The van der Waals surface area contributed by atoms with Gasteiger partial charge in [-0.3, -0.25) is 0 Å². The largest absolute Gasteiger partial charge is 0.419 e. The third-order valence-corrected chi connectivity index (χ3v) is 3.29. The first-order valence-electron chi connectivity index (χ1n) is 6.39. The summed E-state index contributed by atoms with van der Waals surface area (Å²) in [6.07, 6.45) is 3.78. The molecular weight excluding hydrogens is 349 g/mol. The topological polar surface area (TPSA) is 42.7 Å². The van der Waals surface area contributed by atoms with Gasteiger partial charge in [0.1, 0.15) is 5.82 Å². The van der Waals surface area contributed by atoms with Crippen LogP contribution in [-0.2, 0) is 12.7 Å². The van der Waals surface area contributed by atoms with E-state index in [1.54, 1.807) is 12.5 Å². The second-order valence-electron chi connectivity index (χ2n) is 4.48. The molecule has 21 heavy (non-hydrogen) atoms. The number of hydrogen-bond acceptors (Lipinski definition) is 3. The van der Waals surface area contributed by atoms with Gasteiger partial charge in [0.15, 0.2) is 0 Å². The van der Waals surface area contributed by atoms with Crippen molar-refractivity contribution >= 4 is 21.7 Å². The van der Waals surface area contributed by atoms with Gasteiger partial charge >= 0.3 is 6.18 Å². The molecule has 0 radical (unpaired) electrons. The Morgan fingerprint density at radius 2 is 2.10 bits per heavy atom. The lowest BCUT2D eigenvalue weighted by Crippen LogP contribution is -2.13. The molecule has 8 heteroatoms. The number of anilines is 1. The Morgan fingerprint density at radius 3 is 2.76 bits per heavy atom. The van der Waals surface area contributed by atoms with Gasteiger partial charge in [0, 0.05) is 36.2 Å². The Labute approximate surface area is 128 Å². The van der Waals surface area contributed by atoms with Crippen LogP contribution in [0.1, 0.15) is 18.4 Å². The van der Waals surface area contributed by atoms with Crippen molar-refractivity contribution in [3.63, 3.8) is 0 Å². The molecule has 2 aromatic heterocycles. The van der Waals surface area contributed by atoms with Crippen LogP contribution in [0.3, 0.4) is 0 Å². The smallest absolute Gasteiger partial charge is 0.370 e. The van der Waals surface area contributed by atoms with Crippen molar-refractivity contribution in [1.82, 2.24) is 14.5 Å². The van der Waals surface area contributed by atoms with Gasteiger partial charge in [0.25, 0.3) is 0 Å². The fraction of sp³-hybridized carbons (Fsp3) is 0.385. The third kappa shape index (κ3) is 4.73. The Morgan fingerprint density at radius 1 is 1.29 bits per heavy atom. The number of aryl methyl sites for hydroxylation is 1. The Kier molecular flexibility index (Phi) is 5.22. The van der Waals surface area contributed by atoms with Crippen molar-refractivity contribution in [3.05, 3.63) is 41.0 Å². The summed E-state index contributed by atoms with van der Waals surface area (Å²) in [4.78, 5) is 7.72. The summed E-state index contributed by atoms with van der Waals surface area (Å²) in [5, 5.41) is 2.75. The number of pyridine rings is 1. The van der Waals surface area contributed by atoms with Crippen LogP contribution in [-0.4, -0.2) is 21.1 Å². The van der Waals surface area contributed by atoms with Crippen LogP contribution in [0.15, 0.2) is 35.5 Å². The van der Waals surface area contributed by atoms with E-state index < -0.39 is 11.7 Å². The summed E-state index contributed by atoms with van der Waals surface area (Å²) in [5.41, 5.74) is -0.758. The maximum absolute atomic E-state index is 12.9. The molecule has 0 aliphatic carbocycles. The van der Waals surface area contributed by atoms with Gasteiger partial charge in [-0.15, -0.1) is 0 Å². The summed E-state index contributed by atoms with van der Waals surface area (Å²) < 4.78 is 40.9. The van der Waals surface area contributed by atoms with Crippen molar-refractivity contribution in [1.29, 1.82) is 0 Å². The van der Waals surface area contributed by atoms with Crippen LogP contribution in [0.4, 0.5) is 19.0 Å². The minimum atomic E-state index is -4.42. The minimum Gasteiger partial charge on any atom is -0.370 e. The Hall–Kier alpha value is -1.57. The molecule has 0 spiro atoms. The van der Waals surface area contributed by atoms with Gasteiger partial charge in [0.05, 0.1) is 11.9 Å². The first-order chi connectivity index (χ1) is 9.97. The fourth-order valence-electron chi connectivity index (χ4n) is 1.84. The maximum Gasteiger partial charge on any atom is 0.419 e. The van der Waals surface area contributed by atoms with E-state index in [9.17, 15) is 13.2 Å². The Bertz CT molecular complexity index is 569. The van der Waals surface area contributed by atoms with E-state index in [2.05, 4.69) is 31.2 Å². The van der Waals surface area contributed by atoms with E-state index in [1.807, 2.05) is 10.8 Å². The van der Waals surface area contributed by atoms with Crippen molar-refractivity contribution < 1.29 is 13.2 Å². The molecule has 0 aromatic carbocycles. The van der Waals surface area contributed by atoms with Gasteiger partial charge in [-0.25, -0.2) is 9.97 Å². The highest BCUT2D eigenvalue weighted by Crippen LogP contribution is 2.35. The van der Waals surface area contributed by atoms with E-state index in [0.29, 0.717) is 11.0 Å². The zero-order valence-corrected chi connectivity index (χ0v) is 12.7. The fourth-order valence-corrected chi connectivity index (χ4v) is 2.17. The molecule has 0 saturated carbocycles. The number of imidazole rings is 1. The SMILES string of the molecule is FC(F)(F)c1cc(Br)cnc1NCCCCn1ccnc1. The molecule has 0 aliphatic heterocycles. The summed E-state index contributed by atoms with van der Waals surface area (Å²) in [6.45, 7) is 1.23. The van der Waals surface area contributed by atoms with Crippen LogP contribution in [0.2, 0.25) is 0 Å². The zero-order chi connectivity index (χ0) is 15.3. The van der Waals surface area contributed by atoms with Gasteiger partial charge in [-0.1, -0.05) is 0 Å². The molecule has 0 unspecified atom stereocenters. The van der Waals surface area contributed by atoms with Crippen LogP contribution < -0.4 is 5.32 Å². The van der Waals surface area contributed by atoms with Gasteiger partial charge in [0.2, 0.25) is 0 Å². The molecule has 1 N–H and O–H groups in total. The summed E-state index contributed by atoms with van der Waals surface area (Å²) in [5.74, 6) is -0.131. The number of aromatic nitrogens is 3. The maximum atomic E-state index is 12.9. The monoisotopic (exact) mass is 362 g/mol. The van der Waals surface area contributed by atoms with Crippen molar-refractivity contribution in [2.24, 2.45) is 0 Å². The number of rotatable bonds is 6. The molecule has 0 aliphatic rings. The molecule has 0 fully saturated rings. The second-order valence-corrected chi connectivity index (χ2v) is 5.40. The normalized spacial score (nSPS) is 11.6. The molecule has 4 nitrogen and oxygen atoms in total. The molecule has 114 valence electrons. The van der Waals surface area contributed by atoms with Gasteiger partial charge in [-0.05, 0) is 34.8 Å². The van der Waals surface area contributed by atoms with Crippen LogP contribution in [0, 0.1) is 0 Å². The van der Waals surface area contributed by atoms with Crippen LogP contribution in [0.5, 0.6) is 0 Å². The highest BCUT2D eigenvalue weighted by atomic mass is 79.9. The van der Waals surface area contributed by atoms with E-state index in [1.165, 1.54) is 6.20 Å². The number of nitrogens with one attached hydrogen (secondary N) is 1. The molecular formula is C13H14BrF3N4. The molecule has 2 aromatic rings. The highest BCUT2D eigenvalue weighted by molar-refractivity contribution is 9.10. The third-order valence-electron chi connectivity index (χ3n) is 2.85. The molecule has 2 heterocycles. The lowest BCUT2D eigenvalue weighted by molar-refractivity contribution is -0.137. The molecule has 0 atom stereocenters. The first-order valence-corrected chi connectivity index (χ1v) is 7.18. The second kappa shape index (κ2) is 6.93. The van der Waals surface area contributed by atoms with Crippen molar-refractivity contribution in [2.75, 3.05) is 11.9 Å². The summed E-state index contributed by atoms with van der Waals surface area (Å²) >= 11 is 3.00. The minimum absolute atomic E-state index is 0.131. The summed E-state index contributed by atoms with van der Waals surface area (Å²) in [6, 6.07) is 1.03. The average molecular weight is 363 g/mol. The predicted octanol–water partition coefficient (Wildman–Crippen LogP) is 3.95. The lowest BCUT2D eigenvalue weighted by Gasteiger charge is -2.13. The quantitative estimate of drug-likeness (QED) is 0.791. The van der Waals surface area contributed by atoms with Crippen LogP contribution in [0.25, 0.3) is 0 Å². The van der Waals surface area contributed by atoms with E-state index in [0.717, 1.165) is 25.5 Å². The van der Waals surface area contributed by atoms with Crippen LogP contribution >= 0.6 is 15.9 Å². The number of hydrogen-bond donors (Lipinski definition) is 1.